The number of hydroxylamine groups is 2. The Morgan fingerprint density at radius 1 is 1.15 bits per heavy atom. The molecule has 0 unspecified atom stereocenters. The fourth-order valence-corrected chi connectivity index (χ4v) is 1.99. The van der Waals surface area contributed by atoms with Crippen LogP contribution in [0.2, 0.25) is 0 Å². The number of carbonyl (C=O) groups excluding carboxylic acids is 2. The number of hydrogen-bond donors (Lipinski definition) is 0. The van der Waals surface area contributed by atoms with Crippen LogP contribution < -0.4 is 0 Å². The van der Waals surface area contributed by atoms with Gasteiger partial charge in [-0.2, -0.15) is 8.42 Å². The monoisotopic (exact) mass is 303 g/mol. The van der Waals surface area contributed by atoms with Crippen molar-refractivity contribution in [2.24, 2.45) is 0 Å². The summed E-state index contributed by atoms with van der Waals surface area (Å²) in [5.41, 5.74) is 0. The summed E-state index contributed by atoms with van der Waals surface area (Å²) < 4.78 is 31.5. The maximum absolute atomic E-state index is 11.4. The molecule has 0 spiro atoms. The molecule has 2 rings (SSSR count). The van der Waals surface area contributed by atoms with Gasteiger partial charge in [-0.3, -0.25) is 9.59 Å². The largest absolute Gasteiger partial charge is 0.421 e. The lowest BCUT2D eigenvalue weighted by Crippen LogP contribution is -2.33. The zero-order chi connectivity index (χ0) is 14.6. The molecule has 11 nitrogen and oxygen atoms in total. The van der Waals surface area contributed by atoms with Crippen LogP contribution in [0.3, 0.4) is 0 Å². The molecule has 0 atom stereocenters. The topological polar surface area (TPSA) is 142 Å². The highest BCUT2D eigenvalue weighted by Gasteiger charge is 2.34. The summed E-state index contributed by atoms with van der Waals surface area (Å²) in [7, 11) is -4.51. The average molecular weight is 303 g/mol. The number of aromatic nitrogens is 4. The van der Waals surface area contributed by atoms with Gasteiger partial charge in [-0.15, -0.1) is 29.7 Å². The van der Waals surface area contributed by atoms with Crippen LogP contribution in [0.1, 0.15) is 18.7 Å². The molecule has 0 bridgehead atoms. The van der Waals surface area contributed by atoms with Crippen molar-refractivity contribution in [1.82, 2.24) is 25.5 Å². The number of rotatable bonds is 6. The van der Waals surface area contributed by atoms with E-state index in [-0.39, 0.29) is 36.8 Å². The maximum atomic E-state index is 11.4. The number of imide groups is 1. The molecule has 2 amide bonds. The zero-order valence-corrected chi connectivity index (χ0v) is 10.8. The van der Waals surface area contributed by atoms with Crippen LogP contribution in [0.4, 0.5) is 0 Å². The molecule has 1 aliphatic rings. The van der Waals surface area contributed by atoms with Gasteiger partial charge in [0.25, 0.3) is 11.8 Å². The number of carbonyl (C=O) groups is 2. The molecule has 20 heavy (non-hydrogen) atoms. The van der Waals surface area contributed by atoms with Gasteiger partial charge in [-0.25, -0.2) is 4.18 Å². The normalized spacial score (nSPS) is 15.9. The molecule has 1 aromatic rings. The van der Waals surface area contributed by atoms with Crippen LogP contribution >= 0.6 is 0 Å². The van der Waals surface area contributed by atoms with Crippen LogP contribution in [-0.4, -0.2) is 52.3 Å². The van der Waals surface area contributed by atoms with Crippen molar-refractivity contribution in [1.29, 1.82) is 0 Å². The van der Waals surface area contributed by atoms with E-state index < -0.39 is 22.2 Å². The van der Waals surface area contributed by atoms with Crippen molar-refractivity contribution in [3.05, 3.63) is 12.2 Å². The molecule has 0 aliphatic carbocycles. The Bertz CT molecular complexity index is 589. The van der Waals surface area contributed by atoms with E-state index in [1.54, 1.807) is 0 Å². The summed E-state index contributed by atoms with van der Waals surface area (Å²) in [4.78, 5) is 22.4. The fraction of sp³-hybridized carbons (Fsp3) is 0.500. The minimum absolute atomic E-state index is 0.0192. The summed E-state index contributed by atoms with van der Waals surface area (Å²) in [6, 6.07) is 0. The van der Waals surface area contributed by atoms with Gasteiger partial charge in [0.1, 0.15) is 0 Å². The Balaban J connectivity index is 1.85. The molecule has 0 saturated carbocycles. The lowest BCUT2D eigenvalue weighted by Gasteiger charge is -2.11. The molecule has 1 saturated heterocycles. The molecule has 1 aromatic heterocycles. The second-order valence-electron chi connectivity index (χ2n) is 3.60. The summed E-state index contributed by atoms with van der Waals surface area (Å²) in [5, 5.41) is 14.2. The third-order valence-corrected chi connectivity index (χ3v) is 2.96. The van der Waals surface area contributed by atoms with E-state index in [1.165, 1.54) is 0 Å². The first-order valence-corrected chi connectivity index (χ1v) is 6.75. The fourth-order valence-electron chi connectivity index (χ4n) is 1.32. The predicted molar refractivity (Wildman–Crippen MR) is 58.4 cm³/mol. The summed E-state index contributed by atoms with van der Waals surface area (Å²) in [6.07, 6.45) is 0.952. The van der Waals surface area contributed by atoms with E-state index in [2.05, 4.69) is 28.9 Å². The predicted octanol–water partition coefficient (Wildman–Crippen LogP) is -1.85. The smallest absolute Gasteiger partial charge is 0.272 e. The molecule has 0 N–H and O–H groups in total. The summed E-state index contributed by atoms with van der Waals surface area (Å²) >= 11 is 0. The Morgan fingerprint density at radius 2 is 1.75 bits per heavy atom. The molecular weight excluding hydrogens is 294 g/mol. The molecule has 12 heteroatoms. The van der Waals surface area contributed by atoms with E-state index in [9.17, 15) is 18.0 Å². The van der Waals surface area contributed by atoms with Crippen LogP contribution in [0.15, 0.2) is 6.33 Å². The Labute approximate surface area is 113 Å². The Hall–Kier alpha value is -2.05. The molecular formula is C8H9N5O6S. The standard InChI is InChI=1S/C8H9N5O6S/c14-7-1-2-8(15)13(7)19-20(16,17)18-4-3-6-11-9-5-10-12-6/h5H,1-4H2. The summed E-state index contributed by atoms with van der Waals surface area (Å²) in [5.74, 6) is -1.29. The lowest BCUT2D eigenvalue weighted by molar-refractivity contribution is -0.165. The van der Waals surface area contributed by atoms with Gasteiger partial charge in [0.05, 0.1) is 6.61 Å². The van der Waals surface area contributed by atoms with Gasteiger partial charge in [0.2, 0.25) is 0 Å². The average Bonchev–Trinajstić information content (AvgIpc) is 2.71. The third-order valence-electron chi connectivity index (χ3n) is 2.17. The van der Waals surface area contributed by atoms with Crippen molar-refractivity contribution in [2.75, 3.05) is 6.61 Å². The minimum atomic E-state index is -4.51. The number of nitrogens with zero attached hydrogens (tertiary/aromatic N) is 5. The quantitative estimate of drug-likeness (QED) is 0.549. The van der Waals surface area contributed by atoms with Crippen molar-refractivity contribution in [3.8, 4) is 0 Å². The van der Waals surface area contributed by atoms with Crippen molar-refractivity contribution >= 4 is 22.2 Å². The molecule has 1 fully saturated rings. The first-order chi connectivity index (χ1) is 9.48. The second kappa shape index (κ2) is 5.94. The zero-order valence-electron chi connectivity index (χ0n) is 10.00. The first kappa shape index (κ1) is 14.4. The first-order valence-electron chi connectivity index (χ1n) is 5.42. The van der Waals surface area contributed by atoms with Crippen molar-refractivity contribution < 1.29 is 26.5 Å². The SMILES string of the molecule is O=C1CCC(=O)N1OS(=O)(=O)OCCc1nncnn1. The van der Waals surface area contributed by atoms with Crippen molar-refractivity contribution in [3.63, 3.8) is 0 Å². The molecule has 0 aromatic carbocycles. The third kappa shape index (κ3) is 3.72. The van der Waals surface area contributed by atoms with E-state index in [0.717, 1.165) is 6.33 Å². The van der Waals surface area contributed by atoms with Gasteiger partial charge in [0.15, 0.2) is 12.2 Å². The highest BCUT2D eigenvalue weighted by molar-refractivity contribution is 7.81. The van der Waals surface area contributed by atoms with E-state index in [0.29, 0.717) is 0 Å². The highest BCUT2D eigenvalue weighted by Crippen LogP contribution is 2.14. The van der Waals surface area contributed by atoms with E-state index in [4.69, 9.17) is 0 Å². The molecule has 1 aliphatic heterocycles. The number of hydrogen-bond acceptors (Lipinski definition) is 10. The molecule has 0 radical (unpaired) electrons. The van der Waals surface area contributed by atoms with Crippen LogP contribution in [0, 0.1) is 0 Å². The molecule has 108 valence electrons. The van der Waals surface area contributed by atoms with Crippen molar-refractivity contribution in [2.45, 2.75) is 19.3 Å². The van der Waals surface area contributed by atoms with E-state index in [1.807, 2.05) is 0 Å². The Kier molecular flexibility index (Phi) is 4.26. The van der Waals surface area contributed by atoms with Gasteiger partial charge in [0, 0.05) is 19.3 Å². The lowest BCUT2D eigenvalue weighted by atomic mass is 10.4. The van der Waals surface area contributed by atoms with Crippen LogP contribution in [-0.2, 0) is 34.9 Å². The summed E-state index contributed by atoms with van der Waals surface area (Å²) in [6.45, 7) is -0.341. The van der Waals surface area contributed by atoms with Gasteiger partial charge < -0.3 is 0 Å². The van der Waals surface area contributed by atoms with Crippen LogP contribution in [0.5, 0.6) is 0 Å². The van der Waals surface area contributed by atoms with Gasteiger partial charge >= 0.3 is 10.4 Å². The van der Waals surface area contributed by atoms with Crippen LogP contribution in [0.25, 0.3) is 0 Å². The van der Waals surface area contributed by atoms with E-state index >= 15 is 0 Å². The van der Waals surface area contributed by atoms with Gasteiger partial charge in [-0.05, 0) is 0 Å². The Morgan fingerprint density at radius 3 is 2.35 bits per heavy atom. The minimum Gasteiger partial charge on any atom is -0.272 e. The van der Waals surface area contributed by atoms with Gasteiger partial charge in [-0.1, -0.05) is 0 Å². The second-order valence-corrected chi connectivity index (χ2v) is 4.80. The molecule has 2 heterocycles. The maximum Gasteiger partial charge on any atom is 0.421 e. The highest BCUT2D eigenvalue weighted by atomic mass is 32.3. The number of amides is 2.